The van der Waals surface area contributed by atoms with Gasteiger partial charge in [-0.1, -0.05) is 47.0 Å². The van der Waals surface area contributed by atoms with Crippen LogP contribution in [-0.4, -0.2) is 66.1 Å². The van der Waals surface area contributed by atoms with E-state index in [1.54, 1.807) is 60.7 Å². The number of hydrogen-bond donors (Lipinski definition) is 4. The molecule has 9 nitrogen and oxygen atoms in total. The molecule has 0 aliphatic heterocycles. The lowest BCUT2D eigenvalue weighted by Crippen LogP contribution is -2.43. The highest BCUT2D eigenvalue weighted by atomic mass is 35.5. The van der Waals surface area contributed by atoms with E-state index >= 15 is 0 Å². The normalized spacial score (nSPS) is 11.9. The topological polar surface area (TPSA) is 120 Å². The van der Waals surface area contributed by atoms with Crippen molar-refractivity contribution in [1.29, 1.82) is 0 Å². The Hall–Kier alpha value is -2.58. The lowest BCUT2D eigenvalue weighted by molar-refractivity contribution is 0.287. The van der Waals surface area contributed by atoms with Gasteiger partial charge < -0.3 is 10.6 Å². The predicted octanol–water partition coefficient (Wildman–Crippen LogP) is 3.50. The summed E-state index contributed by atoms with van der Waals surface area (Å²) >= 11 is 11.3. The van der Waals surface area contributed by atoms with E-state index in [0.717, 1.165) is 16.8 Å². The fraction of sp³-hybridized carbons (Fsp3) is 0.296. The molecule has 0 spiro atoms. The number of nitrogens with zero attached hydrogens (tertiary/aromatic N) is 1. The molecule has 40 heavy (non-hydrogen) atoms. The molecule has 0 aliphatic carbocycles. The summed E-state index contributed by atoms with van der Waals surface area (Å²) in [5.74, 6) is 0. The van der Waals surface area contributed by atoms with Gasteiger partial charge in [0.25, 0.3) is 0 Å². The molecule has 0 saturated carbocycles. The Morgan fingerprint density at radius 3 is 1.57 bits per heavy atom. The van der Waals surface area contributed by atoms with Gasteiger partial charge in [0.15, 0.2) is 5.11 Å². The summed E-state index contributed by atoms with van der Waals surface area (Å²) < 4.78 is 56.0. The van der Waals surface area contributed by atoms with Crippen molar-refractivity contribution in [2.24, 2.45) is 0 Å². The van der Waals surface area contributed by atoms with Gasteiger partial charge in [0, 0.05) is 50.0 Å². The average Bonchev–Trinajstić information content (AvgIpc) is 2.90. The number of anilines is 1. The van der Waals surface area contributed by atoms with E-state index in [2.05, 4.69) is 20.1 Å². The summed E-state index contributed by atoms with van der Waals surface area (Å²) in [4.78, 5) is 2.33. The monoisotopic (exact) mass is 623 g/mol. The maximum Gasteiger partial charge on any atom is 0.240 e. The Kier molecular flexibility index (Phi) is 11.9. The Morgan fingerprint density at radius 2 is 1.12 bits per heavy atom. The number of sulfonamides is 2. The first-order valence-corrected chi connectivity index (χ1v) is 16.4. The van der Waals surface area contributed by atoms with Gasteiger partial charge in [0.05, 0.1) is 9.79 Å². The van der Waals surface area contributed by atoms with Gasteiger partial charge in [-0.15, -0.1) is 0 Å². The summed E-state index contributed by atoms with van der Waals surface area (Å²) in [6, 6.07) is 20.4. The second kappa shape index (κ2) is 14.9. The van der Waals surface area contributed by atoms with Gasteiger partial charge in [0.2, 0.25) is 20.0 Å². The fourth-order valence-electron chi connectivity index (χ4n) is 3.65. The number of rotatable bonds is 14. The highest BCUT2D eigenvalue weighted by molar-refractivity contribution is 7.89. The number of nitrogens with one attached hydrogen (secondary N) is 4. The first-order valence-electron chi connectivity index (χ1n) is 12.6. The molecule has 13 heteroatoms. The van der Waals surface area contributed by atoms with Crippen LogP contribution in [0.2, 0.25) is 5.02 Å². The van der Waals surface area contributed by atoms with Crippen molar-refractivity contribution in [2.45, 2.75) is 23.6 Å². The molecule has 0 atom stereocenters. The van der Waals surface area contributed by atoms with Crippen molar-refractivity contribution >= 4 is 54.7 Å². The van der Waals surface area contributed by atoms with Crippen LogP contribution in [0, 0.1) is 13.8 Å². The second-order valence-corrected chi connectivity index (χ2v) is 13.5. The van der Waals surface area contributed by atoms with Crippen LogP contribution >= 0.6 is 23.8 Å². The molecule has 0 bridgehead atoms. The Balaban J connectivity index is 1.55. The minimum absolute atomic E-state index is 0.147. The molecule has 3 rings (SSSR count). The SMILES string of the molecule is Cc1ccc(S(=O)(=O)NCCN(CCNC(=S)Nc2ccc(Cl)cc2)CCNS(=O)(=O)c2ccc(C)cc2)cc1. The molecule has 3 aromatic carbocycles. The third-order valence-corrected chi connectivity index (χ3v) is 9.37. The van der Waals surface area contributed by atoms with Gasteiger partial charge in [-0.05, 0) is 74.6 Å². The number of benzene rings is 3. The highest BCUT2D eigenvalue weighted by Crippen LogP contribution is 2.13. The van der Waals surface area contributed by atoms with E-state index in [4.69, 9.17) is 23.8 Å². The van der Waals surface area contributed by atoms with Crippen molar-refractivity contribution in [3.8, 4) is 0 Å². The number of hydrogen-bond acceptors (Lipinski definition) is 6. The summed E-state index contributed by atoms with van der Waals surface area (Å²) in [5, 5.41) is 7.23. The lowest BCUT2D eigenvalue weighted by atomic mass is 10.2. The fourth-order valence-corrected chi connectivity index (χ4v) is 6.04. The van der Waals surface area contributed by atoms with Crippen molar-refractivity contribution in [2.75, 3.05) is 44.6 Å². The van der Waals surface area contributed by atoms with Crippen molar-refractivity contribution in [3.05, 3.63) is 88.9 Å². The van der Waals surface area contributed by atoms with Crippen molar-refractivity contribution in [1.82, 2.24) is 19.7 Å². The summed E-state index contributed by atoms with van der Waals surface area (Å²) in [5.41, 5.74) is 2.72. The summed E-state index contributed by atoms with van der Waals surface area (Å²) in [6.07, 6.45) is 0. The molecule has 216 valence electrons. The highest BCUT2D eigenvalue weighted by Gasteiger charge is 2.16. The Morgan fingerprint density at radius 1 is 0.700 bits per heavy atom. The van der Waals surface area contributed by atoms with E-state index in [1.165, 1.54) is 0 Å². The maximum absolute atomic E-state index is 12.7. The zero-order valence-corrected chi connectivity index (χ0v) is 25.6. The summed E-state index contributed by atoms with van der Waals surface area (Å²) in [7, 11) is -7.34. The Labute approximate surface area is 247 Å². The van der Waals surface area contributed by atoms with Crippen LogP contribution in [0.1, 0.15) is 11.1 Å². The quantitative estimate of drug-likeness (QED) is 0.202. The largest absolute Gasteiger partial charge is 0.361 e. The second-order valence-electron chi connectivity index (χ2n) is 9.15. The molecule has 0 aliphatic rings. The van der Waals surface area contributed by atoms with Crippen LogP contribution in [0.5, 0.6) is 0 Å². The molecule has 0 heterocycles. The van der Waals surface area contributed by atoms with E-state index in [9.17, 15) is 16.8 Å². The van der Waals surface area contributed by atoms with Gasteiger partial charge >= 0.3 is 0 Å². The maximum atomic E-state index is 12.7. The lowest BCUT2D eigenvalue weighted by Gasteiger charge is -2.23. The zero-order valence-electron chi connectivity index (χ0n) is 22.4. The summed E-state index contributed by atoms with van der Waals surface area (Å²) in [6.45, 7) is 5.73. The van der Waals surface area contributed by atoms with Gasteiger partial charge in [-0.25, -0.2) is 26.3 Å². The molecule has 0 amide bonds. The van der Waals surface area contributed by atoms with Crippen molar-refractivity contribution in [3.63, 3.8) is 0 Å². The molecule has 0 saturated heterocycles. The molecule has 4 N–H and O–H groups in total. The van der Waals surface area contributed by atoms with Crippen LogP contribution in [0.3, 0.4) is 0 Å². The van der Waals surface area contributed by atoms with Gasteiger partial charge in [-0.2, -0.15) is 0 Å². The van der Waals surface area contributed by atoms with Gasteiger partial charge in [-0.3, -0.25) is 4.90 Å². The first kappa shape index (κ1) is 31.9. The van der Waals surface area contributed by atoms with E-state index in [0.29, 0.717) is 36.3 Å². The third-order valence-electron chi connectivity index (χ3n) is 5.92. The van der Waals surface area contributed by atoms with E-state index < -0.39 is 20.0 Å². The van der Waals surface area contributed by atoms with E-state index in [-0.39, 0.29) is 22.9 Å². The number of halogens is 1. The van der Waals surface area contributed by atoms with Gasteiger partial charge in [0.1, 0.15) is 0 Å². The van der Waals surface area contributed by atoms with Crippen molar-refractivity contribution < 1.29 is 16.8 Å². The van der Waals surface area contributed by atoms with Crippen LogP contribution < -0.4 is 20.1 Å². The predicted molar refractivity (Wildman–Crippen MR) is 165 cm³/mol. The number of thiocarbonyl (C=S) groups is 1. The van der Waals surface area contributed by atoms with Crippen LogP contribution in [-0.2, 0) is 20.0 Å². The number of aryl methyl sites for hydroxylation is 2. The van der Waals surface area contributed by atoms with Crippen LogP contribution in [0.4, 0.5) is 5.69 Å². The average molecular weight is 624 g/mol. The molecule has 0 radical (unpaired) electrons. The zero-order chi connectivity index (χ0) is 29.2. The molecule has 0 unspecified atom stereocenters. The smallest absolute Gasteiger partial charge is 0.240 e. The minimum Gasteiger partial charge on any atom is -0.361 e. The first-order chi connectivity index (χ1) is 18.9. The molecule has 0 fully saturated rings. The third kappa shape index (κ3) is 10.4. The van der Waals surface area contributed by atoms with Crippen LogP contribution in [0.15, 0.2) is 82.6 Å². The van der Waals surface area contributed by atoms with E-state index in [1.807, 2.05) is 30.9 Å². The molecular formula is C27H34ClN5O4S3. The Bertz CT molecular complexity index is 1380. The molecule has 0 aromatic heterocycles. The van der Waals surface area contributed by atoms with Crippen LogP contribution in [0.25, 0.3) is 0 Å². The minimum atomic E-state index is -3.67. The molecular weight excluding hydrogens is 590 g/mol. The molecule has 3 aromatic rings. The standard InChI is InChI=1S/C27H34ClN5O4S3/c1-21-3-11-25(12-4-21)39(34,35)30-16-19-33(18-15-29-27(38)32-24-9-7-23(28)8-10-24)20-17-31-40(36,37)26-13-5-22(2)6-14-26/h3-14,30-31H,15-20H2,1-2H3,(H2,29,32,38).